The van der Waals surface area contributed by atoms with Gasteiger partial charge in [-0.2, -0.15) is 0 Å². The molecule has 0 radical (unpaired) electrons. The normalized spacial score (nSPS) is 14.8. The molecule has 0 unspecified atom stereocenters. The lowest BCUT2D eigenvalue weighted by Gasteiger charge is -2.28. The molecule has 1 aliphatic carbocycles. The van der Waals surface area contributed by atoms with Crippen molar-refractivity contribution in [3.05, 3.63) is 52.0 Å². The number of anilines is 1. The van der Waals surface area contributed by atoms with Gasteiger partial charge in [-0.05, 0) is 71.9 Å². The third-order valence-electron chi connectivity index (χ3n) is 4.00. The second-order valence-corrected chi connectivity index (χ2v) is 6.28. The lowest BCUT2D eigenvalue weighted by Crippen LogP contribution is -2.23. The number of aryl methyl sites for hydroxylation is 1. The smallest absolute Gasteiger partial charge is 0.272 e. The molecule has 1 N–H and O–H groups in total. The van der Waals surface area contributed by atoms with E-state index in [4.69, 9.17) is 0 Å². The third-order valence-corrected chi connectivity index (χ3v) is 4.60. The van der Waals surface area contributed by atoms with Crippen molar-refractivity contribution in [3.8, 4) is 0 Å². The fourth-order valence-corrected chi connectivity index (χ4v) is 2.99. The monoisotopic (exact) mass is 350 g/mol. The minimum atomic E-state index is -0.384. The first-order valence-electron chi connectivity index (χ1n) is 7.00. The van der Waals surface area contributed by atoms with E-state index in [1.54, 1.807) is 12.1 Å². The highest BCUT2D eigenvalue weighted by atomic mass is 79.9. The fraction of sp³-hybridized carbons (Fsp3) is 0.312. The average Bonchev–Trinajstić information content (AvgIpc) is 2.83. The Hall–Kier alpha value is -1.62. The van der Waals surface area contributed by atoms with E-state index in [-0.39, 0.29) is 11.7 Å². The van der Waals surface area contributed by atoms with E-state index in [1.807, 2.05) is 23.8 Å². The first kappa shape index (κ1) is 14.3. The van der Waals surface area contributed by atoms with Crippen molar-refractivity contribution in [1.29, 1.82) is 0 Å². The summed E-state index contributed by atoms with van der Waals surface area (Å²) in [5, 5.41) is 2.80. The topological polar surface area (TPSA) is 34.0 Å². The van der Waals surface area contributed by atoms with Crippen LogP contribution in [0.4, 0.5) is 10.1 Å². The molecule has 5 heteroatoms. The Bertz CT molecular complexity index is 692. The Morgan fingerprint density at radius 2 is 2.19 bits per heavy atom. The van der Waals surface area contributed by atoms with Crippen LogP contribution in [0, 0.1) is 12.7 Å². The number of benzene rings is 1. The molecule has 2 aromatic rings. The zero-order valence-corrected chi connectivity index (χ0v) is 13.3. The summed E-state index contributed by atoms with van der Waals surface area (Å²) < 4.78 is 16.0. The SMILES string of the molecule is Cc1cc(Br)c(F)cc1NC(=O)c1cccn1C1CCC1. The summed E-state index contributed by atoms with van der Waals surface area (Å²) in [7, 11) is 0. The van der Waals surface area contributed by atoms with Crippen LogP contribution >= 0.6 is 15.9 Å². The van der Waals surface area contributed by atoms with Crippen molar-refractivity contribution in [2.24, 2.45) is 0 Å². The lowest BCUT2D eigenvalue weighted by atomic mass is 9.93. The second kappa shape index (κ2) is 5.64. The number of amides is 1. The molecule has 1 aromatic heterocycles. The van der Waals surface area contributed by atoms with Crippen LogP contribution in [-0.4, -0.2) is 10.5 Å². The van der Waals surface area contributed by atoms with Gasteiger partial charge in [0.1, 0.15) is 11.5 Å². The Labute approximate surface area is 131 Å². The van der Waals surface area contributed by atoms with Crippen LogP contribution in [0.3, 0.4) is 0 Å². The molecule has 3 nitrogen and oxygen atoms in total. The number of hydrogen-bond donors (Lipinski definition) is 1. The minimum Gasteiger partial charge on any atom is -0.340 e. The maximum Gasteiger partial charge on any atom is 0.272 e. The summed E-state index contributed by atoms with van der Waals surface area (Å²) >= 11 is 3.14. The van der Waals surface area contributed by atoms with Crippen LogP contribution in [0.1, 0.15) is 41.4 Å². The molecular weight excluding hydrogens is 335 g/mol. The van der Waals surface area contributed by atoms with Gasteiger partial charge in [-0.15, -0.1) is 0 Å². The number of hydrogen-bond acceptors (Lipinski definition) is 1. The van der Waals surface area contributed by atoms with Crippen molar-refractivity contribution in [3.63, 3.8) is 0 Å². The first-order chi connectivity index (χ1) is 10.1. The van der Waals surface area contributed by atoms with Crippen LogP contribution in [0.25, 0.3) is 0 Å². The highest BCUT2D eigenvalue weighted by Gasteiger charge is 2.23. The van der Waals surface area contributed by atoms with Crippen LogP contribution in [0.15, 0.2) is 34.9 Å². The van der Waals surface area contributed by atoms with E-state index in [0.717, 1.165) is 18.4 Å². The van der Waals surface area contributed by atoms with E-state index in [1.165, 1.54) is 12.5 Å². The summed E-state index contributed by atoms with van der Waals surface area (Å²) in [5.74, 6) is -0.581. The quantitative estimate of drug-likeness (QED) is 0.856. The number of aromatic nitrogens is 1. The number of carbonyl (C=O) groups is 1. The van der Waals surface area contributed by atoms with E-state index in [0.29, 0.717) is 21.9 Å². The van der Waals surface area contributed by atoms with Crippen LogP contribution < -0.4 is 5.32 Å². The Morgan fingerprint density at radius 3 is 2.86 bits per heavy atom. The Balaban J connectivity index is 1.84. The van der Waals surface area contributed by atoms with Crippen LogP contribution in [0.5, 0.6) is 0 Å². The molecule has 3 rings (SSSR count). The van der Waals surface area contributed by atoms with Gasteiger partial charge in [0.15, 0.2) is 0 Å². The largest absolute Gasteiger partial charge is 0.340 e. The third kappa shape index (κ3) is 2.75. The lowest BCUT2D eigenvalue weighted by molar-refractivity contribution is 0.101. The molecular formula is C16H16BrFN2O. The van der Waals surface area contributed by atoms with Gasteiger partial charge in [0.05, 0.1) is 4.47 Å². The van der Waals surface area contributed by atoms with E-state index >= 15 is 0 Å². The Morgan fingerprint density at radius 1 is 1.43 bits per heavy atom. The molecule has 110 valence electrons. The highest BCUT2D eigenvalue weighted by molar-refractivity contribution is 9.10. The van der Waals surface area contributed by atoms with Crippen molar-refractivity contribution < 1.29 is 9.18 Å². The predicted molar refractivity (Wildman–Crippen MR) is 84.1 cm³/mol. The average molecular weight is 351 g/mol. The van der Waals surface area contributed by atoms with Crippen molar-refractivity contribution in [1.82, 2.24) is 4.57 Å². The van der Waals surface area contributed by atoms with Crippen LogP contribution in [-0.2, 0) is 0 Å². The van der Waals surface area contributed by atoms with Crippen molar-refractivity contribution in [2.45, 2.75) is 32.2 Å². The van der Waals surface area contributed by atoms with E-state index < -0.39 is 0 Å². The van der Waals surface area contributed by atoms with Gasteiger partial charge in [-0.3, -0.25) is 4.79 Å². The van der Waals surface area contributed by atoms with E-state index in [2.05, 4.69) is 21.2 Å². The second-order valence-electron chi connectivity index (χ2n) is 5.42. The molecule has 0 spiro atoms. The minimum absolute atomic E-state index is 0.197. The fourth-order valence-electron chi connectivity index (χ4n) is 2.54. The van der Waals surface area contributed by atoms with E-state index in [9.17, 15) is 9.18 Å². The molecule has 0 saturated heterocycles. The summed E-state index contributed by atoms with van der Waals surface area (Å²) in [6.45, 7) is 1.84. The molecule has 1 aromatic carbocycles. The molecule has 21 heavy (non-hydrogen) atoms. The Kier molecular flexibility index (Phi) is 3.85. The number of carbonyl (C=O) groups excluding carboxylic acids is 1. The van der Waals surface area contributed by atoms with Gasteiger partial charge >= 0.3 is 0 Å². The zero-order chi connectivity index (χ0) is 15.0. The highest BCUT2D eigenvalue weighted by Crippen LogP contribution is 2.33. The molecule has 0 bridgehead atoms. The summed E-state index contributed by atoms with van der Waals surface area (Å²) in [6.07, 6.45) is 5.37. The van der Waals surface area contributed by atoms with Crippen LogP contribution in [0.2, 0.25) is 0 Å². The van der Waals surface area contributed by atoms with Gasteiger partial charge in [0.25, 0.3) is 5.91 Å². The van der Waals surface area contributed by atoms with Gasteiger partial charge in [0.2, 0.25) is 0 Å². The molecule has 0 atom stereocenters. The molecule has 1 fully saturated rings. The van der Waals surface area contributed by atoms with Crippen molar-refractivity contribution >= 4 is 27.5 Å². The number of nitrogens with one attached hydrogen (secondary N) is 1. The van der Waals surface area contributed by atoms with Gasteiger partial charge in [-0.1, -0.05) is 0 Å². The van der Waals surface area contributed by atoms with Crippen molar-refractivity contribution in [2.75, 3.05) is 5.32 Å². The molecule has 1 amide bonds. The van der Waals surface area contributed by atoms with Gasteiger partial charge in [0, 0.05) is 17.9 Å². The maximum atomic E-state index is 13.6. The number of nitrogens with zero attached hydrogens (tertiary/aromatic N) is 1. The van der Waals surface area contributed by atoms with Gasteiger partial charge in [-0.25, -0.2) is 4.39 Å². The zero-order valence-electron chi connectivity index (χ0n) is 11.7. The molecule has 1 saturated carbocycles. The standard InChI is InChI=1S/C16H16BrFN2O/c1-10-8-12(17)13(18)9-14(10)19-16(21)15-6-3-7-20(15)11-4-2-5-11/h3,6-9,11H,2,4-5H2,1H3,(H,19,21). The molecule has 0 aliphatic heterocycles. The summed E-state index contributed by atoms with van der Waals surface area (Å²) in [5.41, 5.74) is 1.95. The molecule has 1 heterocycles. The first-order valence-corrected chi connectivity index (χ1v) is 7.79. The van der Waals surface area contributed by atoms with Gasteiger partial charge < -0.3 is 9.88 Å². The molecule has 1 aliphatic rings. The number of rotatable bonds is 3. The predicted octanol–water partition coefficient (Wildman–Crippen LogP) is 4.68. The maximum absolute atomic E-state index is 13.6. The summed E-state index contributed by atoms with van der Waals surface area (Å²) in [4.78, 5) is 12.4. The summed E-state index contributed by atoms with van der Waals surface area (Å²) in [6, 6.07) is 7.10. The number of halogens is 2.